The molecule has 1 aromatic carbocycles. The maximum absolute atomic E-state index is 12.8. The molecule has 2 amide bonds. The summed E-state index contributed by atoms with van der Waals surface area (Å²) in [5.41, 5.74) is 0.628. The molecule has 3 aromatic rings. The Morgan fingerprint density at radius 1 is 1.22 bits per heavy atom. The minimum atomic E-state index is -0.627. The number of nitrogens with one attached hydrogen (secondary N) is 1. The third-order valence-corrected chi connectivity index (χ3v) is 7.10. The second-order valence-electron chi connectivity index (χ2n) is 7.69. The Hall–Kier alpha value is -3.64. The van der Waals surface area contributed by atoms with Gasteiger partial charge in [0.05, 0.1) is 23.3 Å². The normalized spacial score (nSPS) is 10.6. The van der Waals surface area contributed by atoms with Crippen molar-refractivity contribution in [3.05, 3.63) is 64.8 Å². The number of nitrogens with zero attached hydrogens (tertiary/aromatic N) is 4. The number of esters is 1. The first-order chi connectivity index (χ1) is 17.3. The van der Waals surface area contributed by atoms with Crippen LogP contribution < -0.4 is 10.1 Å². The molecule has 0 atom stereocenters. The zero-order valence-electron chi connectivity index (χ0n) is 20.4. The predicted octanol–water partition coefficient (Wildman–Crippen LogP) is 3.63. The molecule has 0 aliphatic heterocycles. The molecule has 0 aliphatic carbocycles. The third kappa shape index (κ3) is 6.32. The molecule has 0 radical (unpaired) electrons. The first-order valence-electron chi connectivity index (χ1n) is 10.8. The van der Waals surface area contributed by atoms with Gasteiger partial charge in [0.1, 0.15) is 17.4 Å². The molecule has 0 unspecified atom stereocenters. The Balaban J connectivity index is 1.72. The molecule has 10 nitrogen and oxygen atoms in total. The number of carbonyl (C=O) groups excluding carboxylic acids is 3. The number of benzene rings is 1. The van der Waals surface area contributed by atoms with E-state index in [-0.39, 0.29) is 34.7 Å². The maximum atomic E-state index is 12.8. The molecule has 190 valence electrons. The summed E-state index contributed by atoms with van der Waals surface area (Å²) in [6, 6.07) is 9.36. The first-order valence-corrected chi connectivity index (χ1v) is 12.6. The van der Waals surface area contributed by atoms with E-state index in [0.29, 0.717) is 33.7 Å². The van der Waals surface area contributed by atoms with Crippen LogP contribution in [0.4, 0.5) is 5.00 Å². The van der Waals surface area contributed by atoms with E-state index in [9.17, 15) is 14.4 Å². The summed E-state index contributed by atoms with van der Waals surface area (Å²) in [5.74, 6) is 0.0435. The molecule has 0 spiro atoms. The summed E-state index contributed by atoms with van der Waals surface area (Å²) < 4.78 is 12.5. The van der Waals surface area contributed by atoms with Gasteiger partial charge in [0.15, 0.2) is 11.0 Å². The fourth-order valence-electron chi connectivity index (χ4n) is 3.16. The molecule has 12 heteroatoms. The van der Waals surface area contributed by atoms with Crippen molar-refractivity contribution in [3.8, 4) is 5.75 Å². The minimum absolute atomic E-state index is 0.00331. The number of methoxy groups -OCH3 is 1. The average Bonchev–Trinajstić information content (AvgIpc) is 3.41. The lowest BCUT2D eigenvalue weighted by atomic mass is 10.1. The van der Waals surface area contributed by atoms with Gasteiger partial charge in [-0.2, -0.15) is 0 Å². The molecule has 2 heterocycles. The van der Waals surface area contributed by atoms with Crippen LogP contribution in [0.1, 0.15) is 31.4 Å². The fourth-order valence-corrected chi connectivity index (χ4v) is 5.16. The van der Waals surface area contributed by atoms with Gasteiger partial charge in [0.2, 0.25) is 5.91 Å². The number of thioether (sulfide) groups is 1. The van der Waals surface area contributed by atoms with Crippen LogP contribution in [0.15, 0.2) is 48.1 Å². The molecule has 0 aliphatic rings. The zero-order valence-corrected chi connectivity index (χ0v) is 22.1. The van der Waals surface area contributed by atoms with Crippen molar-refractivity contribution in [1.29, 1.82) is 0 Å². The Kier molecular flexibility index (Phi) is 9.25. The van der Waals surface area contributed by atoms with Crippen molar-refractivity contribution in [2.75, 3.05) is 32.3 Å². The van der Waals surface area contributed by atoms with E-state index in [4.69, 9.17) is 9.47 Å². The molecule has 0 saturated carbocycles. The number of carbonyl (C=O) groups is 3. The van der Waals surface area contributed by atoms with Gasteiger partial charge in [0.25, 0.3) is 5.91 Å². The lowest BCUT2D eigenvalue weighted by molar-refractivity contribution is -0.113. The molecule has 2 aromatic heterocycles. The number of anilines is 1. The van der Waals surface area contributed by atoms with Gasteiger partial charge in [-0.3, -0.25) is 14.2 Å². The number of hydrogen-bond donors (Lipinski definition) is 1. The highest BCUT2D eigenvalue weighted by molar-refractivity contribution is 7.99. The van der Waals surface area contributed by atoms with Gasteiger partial charge in [0, 0.05) is 20.6 Å². The van der Waals surface area contributed by atoms with Crippen molar-refractivity contribution in [2.24, 2.45) is 0 Å². The second kappa shape index (κ2) is 12.4. The third-order valence-electron chi connectivity index (χ3n) is 4.94. The van der Waals surface area contributed by atoms with Crippen molar-refractivity contribution in [1.82, 2.24) is 19.7 Å². The molecule has 0 fully saturated rings. The van der Waals surface area contributed by atoms with Crippen LogP contribution in [0.3, 0.4) is 0 Å². The van der Waals surface area contributed by atoms with E-state index in [1.807, 2.05) is 34.9 Å². The highest BCUT2D eigenvalue weighted by Crippen LogP contribution is 2.34. The van der Waals surface area contributed by atoms with Gasteiger partial charge < -0.3 is 19.7 Å². The van der Waals surface area contributed by atoms with Gasteiger partial charge >= 0.3 is 5.97 Å². The second-order valence-corrected chi connectivity index (χ2v) is 9.65. The predicted molar refractivity (Wildman–Crippen MR) is 139 cm³/mol. The van der Waals surface area contributed by atoms with E-state index in [2.05, 4.69) is 22.1 Å². The summed E-state index contributed by atoms with van der Waals surface area (Å²) in [5, 5.41) is 11.9. The van der Waals surface area contributed by atoms with Crippen molar-refractivity contribution >= 4 is 45.9 Å². The summed E-state index contributed by atoms with van der Waals surface area (Å²) >= 11 is 2.23. The highest BCUT2D eigenvalue weighted by Gasteiger charge is 2.27. The van der Waals surface area contributed by atoms with Crippen molar-refractivity contribution in [2.45, 2.75) is 25.2 Å². The van der Waals surface area contributed by atoms with Crippen LogP contribution in [0.5, 0.6) is 5.75 Å². The Labute approximate surface area is 217 Å². The van der Waals surface area contributed by atoms with Crippen LogP contribution in [0, 0.1) is 6.92 Å². The molecule has 3 rings (SSSR count). The van der Waals surface area contributed by atoms with E-state index < -0.39 is 5.97 Å². The maximum Gasteiger partial charge on any atom is 0.341 e. The van der Waals surface area contributed by atoms with E-state index in [0.717, 1.165) is 11.3 Å². The van der Waals surface area contributed by atoms with Gasteiger partial charge in [-0.05, 0) is 24.6 Å². The summed E-state index contributed by atoms with van der Waals surface area (Å²) in [6.07, 6.45) is 1.71. The van der Waals surface area contributed by atoms with Gasteiger partial charge in [-0.15, -0.1) is 28.1 Å². The highest BCUT2D eigenvalue weighted by atomic mass is 32.2. The summed E-state index contributed by atoms with van der Waals surface area (Å²) in [7, 11) is 4.49. The van der Waals surface area contributed by atoms with Crippen molar-refractivity contribution in [3.63, 3.8) is 0 Å². The number of ether oxygens (including phenoxy) is 2. The van der Waals surface area contributed by atoms with Crippen LogP contribution in [0.25, 0.3) is 0 Å². The minimum Gasteiger partial charge on any atom is -0.486 e. The number of allylic oxidation sites excluding steroid dienone is 1. The fraction of sp³-hybridized carbons (Fsp3) is 0.292. The van der Waals surface area contributed by atoms with Crippen LogP contribution in [0.2, 0.25) is 0 Å². The van der Waals surface area contributed by atoms with Crippen molar-refractivity contribution < 1.29 is 23.9 Å². The number of thiophene rings is 1. The summed E-state index contributed by atoms with van der Waals surface area (Å²) in [6.45, 7) is 6.08. The van der Waals surface area contributed by atoms with E-state index in [1.54, 1.807) is 27.1 Å². The Bertz CT molecular complexity index is 1250. The molecular weight excluding hydrogens is 502 g/mol. The number of amides is 2. The zero-order chi connectivity index (χ0) is 26.2. The number of rotatable bonds is 11. The Morgan fingerprint density at radius 2 is 1.94 bits per heavy atom. The first kappa shape index (κ1) is 27.0. The van der Waals surface area contributed by atoms with Gasteiger partial charge in [-0.1, -0.05) is 36.0 Å². The average molecular weight is 530 g/mol. The molecule has 0 saturated heterocycles. The monoisotopic (exact) mass is 529 g/mol. The quantitative estimate of drug-likeness (QED) is 0.227. The van der Waals surface area contributed by atoms with Gasteiger partial charge in [-0.25, -0.2) is 4.79 Å². The lowest BCUT2D eigenvalue weighted by Gasteiger charge is -2.09. The SMILES string of the molecule is C=CCn1c(COc2ccccc2)nnc1SCC(=O)Nc1sc(C(=O)N(C)C)c(C)c1C(=O)OC. The number of hydrogen-bond acceptors (Lipinski definition) is 9. The molecule has 0 bridgehead atoms. The topological polar surface area (TPSA) is 116 Å². The van der Waals surface area contributed by atoms with Crippen LogP contribution in [-0.4, -0.2) is 64.4 Å². The smallest absolute Gasteiger partial charge is 0.341 e. The molecular formula is C24H27N5O5S2. The molecule has 36 heavy (non-hydrogen) atoms. The van der Waals surface area contributed by atoms with E-state index in [1.165, 1.54) is 23.8 Å². The van der Waals surface area contributed by atoms with E-state index >= 15 is 0 Å². The molecule has 1 N–H and O–H groups in total. The standard InChI is InChI=1S/C24H27N5O5S2/c1-6-12-29-17(13-34-16-10-8-7-9-11-16)26-27-24(29)35-14-18(30)25-21-19(23(32)33-5)15(2)20(36-21)22(31)28(3)4/h6-11H,1,12-14H2,2-5H3,(H,25,30). The number of para-hydroxylation sites is 1. The van der Waals surface area contributed by atoms with Crippen LogP contribution in [-0.2, 0) is 22.7 Å². The largest absolute Gasteiger partial charge is 0.486 e. The Morgan fingerprint density at radius 3 is 2.58 bits per heavy atom. The summed E-state index contributed by atoms with van der Waals surface area (Å²) in [4.78, 5) is 39.4. The number of aromatic nitrogens is 3. The van der Waals surface area contributed by atoms with Crippen LogP contribution >= 0.6 is 23.1 Å². The lowest BCUT2D eigenvalue weighted by Crippen LogP contribution is -2.21.